The van der Waals surface area contributed by atoms with Crippen molar-refractivity contribution in [2.75, 3.05) is 13.2 Å². The van der Waals surface area contributed by atoms with Gasteiger partial charge in [-0.15, -0.1) is 0 Å². The van der Waals surface area contributed by atoms with Gasteiger partial charge in [0.1, 0.15) is 11.5 Å². The van der Waals surface area contributed by atoms with Crippen LogP contribution in [0.1, 0.15) is 41.0 Å². The van der Waals surface area contributed by atoms with Gasteiger partial charge in [-0.2, -0.15) is 0 Å². The van der Waals surface area contributed by atoms with Crippen LogP contribution in [0.25, 0.3) is 0 Å². The molecule has 0 aromatic heterocycles. The number of Topliss-reactive ketones (excluding diaryl/α,β-unsaturated/α-hetero) is 1. The zero-order chi connectivity index (χ0) is 19.4. The van der Waals surface area contributed by atoms with Crippen molar-refractivity contribution in [3.8, 4) is 11.5 Å². The van der Waals surface area contributed by atoms with Crippen LogP contribution in [0.4, 0.5) is 0 Å². The number of ether oxygens (including phenoxy) is 2. The van der Waals surface area contributed by atoms with E-state index < -0.39 is 17.9 Å². The topological polar surface area (TPSA) is 72.9 Å². The molecule has 0 saturated carbocycles. The Hall–Kier alpha value is -3.15. The fourth-order valence-corrected chi connectivity index (χ4v) is 2.94. The monoisotopic (exact) mass is 367 g/mol. The summed E-state index contributed by atoms with van der Waals surface area (Å²) in [4.78, 5) is 39.4. The molecule has 6 heteroatoms. The SMILES string of the molecule is CCOc1cccc(C(=O)CN2C(=O)c3ccccc3O[C@@H](CC)C2=O)c1. The van der Waals surface area contributed by atoms with E-state index in [4.69, 9.17) is 9.47 Å². The van der Waals surface area contributed by atoms with Crippen molar-refractivity contribution in [1.82, 2.24) is 4.90 Å². The van der Waals surface area contributed by atoms with E-state index in [0.29, 0.717) is 30.1 Å². The Bertz CT molecular complexity index is 876. The van der Waals surface area contributed by atoms with Gasteiger partial charge in [-0.05, 0) is 37.6 Å². The van der Waals surface area contributed by atoms with E-state index in [1.165, 1.54) is 0 Å². The molecule has 2 amide bonds. The van der Waals surface area contributed by atoms with Gasteiger partial charge in [-0.1, -0.05) is 31.2 Å². The van der Waals surface area contributed by atoms with Gasteiger partial charge < -0.3 is 9.47 Å². The molecule has 0 unspecified atom stereocenters. The van der Waals surface area contributed by atoms with Crippen molar-refractivity contribution in [2.45, 2.75) is 26.4 Å². The van der Waals surface area contributed by atoms with Crippen molar-refractivity contribution < 1.29 is 23.9 Å². The Morgan fingerprint density at radius 3 is 2.63 bits per heavy atom. The molecule has 0 bridgehead atoms. The summed E-state index contributed by atoms with van der Waals surface area (Å²) in [6.07, 6.45) is -0.412. The van der Waals surface area contributed by atoms with Crippen molar-refractivity contribution in [2.24, 2.45) is 0 Å². The summed E-state index contributed by atoms with van der Waals surface area (Å²) in [5.74, 6) is -0.450. The highest BCUT2D eigenvalue weighted by Crippen LogP contribution is 2.26. The lowest BCUT2D eigenvalue weighted by molar-refractivity contribution is -0.135. The van der Waals surface area contributed by atoms with Crippen molar-refractivity contribution in [1.29, 1.82) is 0 Å². The summed E-state index contributed by atoms with van der Waals surface area (Å²) < 4.78 is 11.1. The number of imide groups is 1. The second kappa shape index (κ2) is 8.03. The number of carbonyl (C=O) groups excluding carboxylic acids is 3. The van der Waals surface area contributed by atoms with E-state index in [-0.39, 0.29) is 17.9 Å². The quantitative estimate of drug-likeness (QED) is 0.579. The molecule has 0 aliphatic carbocycles. The highest BCUT2D eigenvalue weighted by atomic mass is 16.5. The normalized spacial score (nSPS) is 16.4. The number of fused-ring (bicyclic) bond motifs is 1. The first-order chi connectivity index (χ1) is 13.0. The second-order valence-electron chi connectivity index (χ2n) is 6.12. The Morgan fingerprint density at radius 1 is 1.11 bits per heavy atom. The molecule has 1 aliphatic rings. The van der Waals surface area contributed by atoms with Crippen LogP contribution in [0.15, 0.2) is 48.5 Å². The van der Waals surface area contributed by atoms with Crippen LogP contribution in [-0.2, 0) is 4.79 Å². The molecule has 0 spiro atoms. The zero-order valence-corrected chi connectivity index (χ0v) is 15.3. The number of amides is 2. The number of ketones is 1. The highest BCUT2D eigenvalue weighted by Gasteiger charge is 2.36. The minimum atomic E-state index is -0.805. The van der Waals surface area contributed by atoms with Crippen molar-refractivity contribution in [3.63, 3.8) is 0 Å². The molecule has 27 heavy (non-hydrogen) atoms. The lowest BCUT2D eigenvalue weighted by Gasteiger charge is -2.21. The lowest BCUT2D eigenvalue weighted by atomic mass is 10.1. The van der Waals surface area contributed by atoms with Gasteiger partial charge in [0, 0.05) is 5.56 Å². The van der Waals surface area contributed by atoms with Crippen LogP contribution >= 0.6 is 0 Å². The van der Waals surface area contributed by atoms with E-state index in [0.717, 1.165) is 4.90 Å². The first-order valence-corrected chi connectivity index (χ1v) is 8.92. The molecule has 140 valence electrons. The number of para-hydroxylation sites is 1. The lowest BCUT2D eigenvalue weighted by Crippen LogP contribution is -2.45. The number of nitrogens with zero attached hydrogens (tertiary/aromatic N) is 1. The molecular formula is C21H21NO5. The minimum Gasteiger partial charge on any atom is -0.494 e. The molecule has 1 atom stereocenters. The molecule has 6 nitrogen and oxygen atoms in total. The van der Waals surface area contributed by atoms with Crippen LogP contribution in [0.5, 0.6) is 11.5 Å². The van der Waals surface area contributed by atoms with Gasteiger partial charge in [0.15, 0.2) is 11.9 Å². The number of hydrogen-bond acceptors (Lipinski definition) is 5. The van der Waals surface area contributed by atoms with E-state index in [1.807, 2.05) is 6.92 Å². The number of hydrogen-bond donors (Lipinski definition) is 0. The Labute approximate surface area is 157 Å². The Morgan fingerprint density at radius 2 is 1.89 bits per heavy atom. The first-order valence-electron chi connectivity index (χ1n) is 8.92. The zero-order valence-electron chi connectivity index (χ0n) is 15.3. The molecular weight excluding hydrogens is 346 g/mol. The van der Waals surface area contributed by atoms with Crippen LogP contribution in [0.3, 0.4) is 0 Å². The van der Waals surface area contributed by atoms with Crippen molar-refractivity contribution in [3.05, 3.63) is 59.7 Å². The third-order valence-electron chi connectivity index (χ3n) is 4.31. The molecule has 0 radical (unpaired) electrons. The van der Waals surface area contributed by atoms with Gasteiger partial charge in [0.05, 0.1) is 18.7 Å². The number of carbonyl (C=O) groups is 3. The summed E-state index contributed by atoms with van der Waals surface area (Å²) in [6.45, 7) is 3.78. The van der Waals surface area contributed by atoms with E-state index >= 15 is 0 Å². The summed E-state index contributed by atoms with van der Waals surface area (Å²) in [6, 6.07) is 13.4. The highest BCUT2D eigenvalue weighted by molar-refractivity contribution is 6.12. The molecule has 1 aliphatic heterocycles. The summed E-state index contributed by atoms with van der Waals surface area (Å²) in [7, 11) is 0. The largest absolute Gasteiger partial charge is 0.494 e. The van der Waals surface area contributed by atoms with Crippen molar-refractivity contribution >= 4 is 17.6 Å². The second-order valence-corrected chi connectivity index (χ2v) is 6.12. The summed E-state index contributed by atoms with van der Waals surface area (Å²) in [5, 5.41) is 0. The third-order valence-corrected chi connectivity index (χ3v) is 4.31. The van der Waals surface area contributed by atoms with Gasteiger partial charge in [-0.3, -0.25) is 19.3 Å². The summed E-state index contributed by atoms with van der Waals surface area (Å²) >= 11 is 0. The maximum absolute atomic E-state index is 12.9. The fraction of sp³-hybridized carbons (Fsp3) is 0.286. The maximum Gasteiger partial charge on any atom is 0.270 e. The maximum atomic E-state index is 12.9. The standard InChI is InChI=1S/C21H21NO5/c1-3-18-21(25)22(20(24)16-10-5-6-11-19(16)27-18)13-17(23)14-8-7-9-15(12-14)26-4-2/h5-12,18H,3-4,13H2,1-2H3/t18-/m0/s1. The molecule has 1 heterocycles. The third kappa shape index (κ3) is 3.84. The molecule has 2 aromatic rings. The molecule has 0 N–H and O–H groups in total. The van der Waals surface area contributed by atoms with Crippen LogP contribution < -0.4 is 9.47 Å². The van der Waals surface area contributed by atoms with Crippen LogP contribution in [0, 0.1) is 0 Å². The van der Waals surface area contributed by atoms with Gasteiger partial charge in [0.2, 0.25) is 0 Å². The summed E-state index contributed by atoms with van der Waals surface area (Å²) in [5.41, 5.74) is 0.658. The van der Waals surface area contributed by atoms with Gasteiger partial charge in [0.25, 0.3) is 11.8 Å². The smallest absolute Gasteiger partial charge is 0.270 e. The fourth-order valence-electron chi connectivity index (χ4n) is 2.94. The van der Waals surface area contributed by atoms with Gasteiger partial charge in [-0.25, -0.2) is 0 Å². The minimum absolute atomic E-state index is 0.276. The van der Waals surface area contributed by atoms with Crippen LogP contribution in [0.2, 0.25) is 0 Å². The van der Waals surface area contributed by atoms with Crippen LogP contribution in [-0.4, -0.2) is 41.8 Å². The first kappa shape index (κ1) is 18.6. The number of rotatable bonds is 6. The number of benzene rings is 2. The molecule has 0 saturated heterocycles. The molecule has 3 rings (SSSR count). The molecule has 0 fully saturated rings. The predicted molar refractivity (Wildman–Crippen MR) is 99.1 cm³/mol. The average Bonchev–Trinajstić information content (AvgIpc) is 2.78. The Kier molecular flexibility index (Phi) is 5.54. The van der Waals surface area contributed by atoms with Gasteiger partial charge >= 0.3 is 0 Å². The van der Waals surface area contributed by atoms with E-state index in [9.17, 15) is 14.4 Å². The molecule has 2 aromatic carbocycles. The Balaban J connectivity index is 1.90. The van der Waals surface area contributed by atoms with E-state index in [1.54, 1.807) is 55.5 Å². The predicted octanol–water partition coefficient (Wildman–Crippen LogP) is 3.11. The van der Waals surface area contributed by atoms with E-state index in [2.05, 4.69) is 0 Å². The average molecular weight is 367 g/mol.